The van der Waals surface area contributed by atoms with Crippen molar-refractivity contribution in [3.05, 3.63) is 12.2 Å². The van der Waals surface area contributed by atoms with Crippen molar-refractivity contribution in [3.63, 3.8) is 0 Å². The Kier molecular flexibility index (Phi) is 1.51. The maximum absolute atomic E-state index is 2.57. The van der Waals surface area contributed by atoms with E-state index in [9.17, 15) is 0 Å². The monoisotopic (exact) mass is 188 g/mol. The lowest BCUT2D eigenvalue weighted by Crippen LogP contribution is -2.34. The summed E-state index contributed by atoms with van der Waals surface area (Å²) in [6.07, 6.45) is 14.3. The van der Waals surface area contributed by atoms with E-state index in [0.717, 1.165) is 35.5 Å². The van der Waals surface area contributed by atoms with Crippen LogP contribution in [0.3, 0.4) is 0 Å². The van der Waals surface area contributed by atoms with Crippen LogP contribution in [0.15, 0.2) is 12.2 Å². The predicted molar refractivity (Wildman–Crippen MR) is 57.8 cm³/mol. The Hall–Kier alpha value is -0.260. The zero-order valence-corrected chi connectivity index (χ0v) is 8.86. The minimum atomic E-state index is 1.03. The Balaban J connectivity index is 1.69. The Bertz CT molecular complexity index is 278. The first-order valence-electron chi connectivity index (χ1n) is 6.62. The highest BCUT2D eigenvalue weighted by molar-refractivity contribution is 5.16. The first-order chi connectivity index (χ1) is 6.95. The van der Waals surface area contributed by atoms with Crippen LogP contribution in [0.4, 0.5) is 0 Å². The van der Waals surface area contributed by atoms with E-state index in [-0.39, 0.29) is 0 Å². The van der Waals surface area contributed by atoms with Gasteiger partial charge in [-0.15, -0.1) is 0 Å². The van der Waals surface area contributed by atoms with Gasteiger partial charge in [0.2, 0.25) is 0 Å². The molecule has 4 rings (SSSR count). The van der Waals surface area contributed by atoms with E-state index in [1.54, 1.807) is 19.3 Å². The van der Waals surface area contributed by atoms with Gasteiger partial charge in [0.1, 0.15) is 0 Å². The Morgan fingerprint density at radius 1 is 0.786 bits per heavy atom. The summed E-state index contributed by atoms with van der Waals surface area (Å²) in [6, 6.07) is 0. The molecule has 6 atom stereocenters. The third-order valence-electron chi connectivity index (χ3n) is 5.82. The highest BCUT2D eigenvalue weighted by Crippen LogP contribution is 2.64. The number of hydrogen-bond acceptors (Lipinski definition) is 0. The number of rotatable bonds is 0. The maximum atomic E-state index is 2.57. The molecular formula is C14H20. The molecule has 0 aromatic carbocycles. The fraction of sp³-hybridized carbons (Fsp3) is 0.857. The summed E-state index contributed by atoms with van der Waals surface area (Å²) in [7, 11) is 0. The summed E-state index contributed by atoms with van der Waals surface area (Å²) in [4.78, 5) is 0. The van der Waals surface area contributed by atoms with Gasteiger partial charge in [0, 0.05) is 0 Å². The van der Waals surface area contributed by atoms with Crippen molar-refractivity contribution in [3.8, 4) is 0 Å². The molecule has 0 spiro atoms. The normalized spacial score (nSPS) is 58.9. The summed E-state index contributed by atoms with van der Waals surface area (Å²) in [6.45, 7) is 0. The van der Waals surface area contributed by atoms with Crippen molar-refractivity contribution in [2.75, 3.05) is 0 Å². The molecule has 6 unspecified atom stereocenters. The zero-order valence-electron chi connectivity index (χ0n) is 8.86. The van der Waals surface area contributed by atoms with Crippen LogP contribution in [-0.2, 0) is 0 Å². The standard InChI is InChI=1S/C14H20/c1-2-5-10-9(4-1)13-8-14(10)12-7-3-6-11(12)13/h3,6,9-14H,1-2,4-5,7-8H2. The van der Waals surface area contributed by atoms with E-state index in [1.807, 2.05) is 0 Å². The molecule has 0 heteroatoms. The summed E-state index contributed by atoms with van der Waals surface area (Å²) in [5, 5.41) is 0. The fourth-order valence-corrected chi connectivity index (χ4v) is 5.46. The van der Waals surface area contributed by atoms with Gasteiger partial charge < -0.3 is 0 Å². The molecule has 0 nitrogen and oxygen atoms in total. The molecule has 76 valence electrons. The van der Waals surface area contributed by atoms with E-state index < -0.39 is 0 Å². The van der Waals surface area contributed by atoms with Gasteiger partial charge in [-0.2, -0.15) is 0 Å². The molecule has 0 aromatic rings. The summed E-state index contributed by atoms with van der Waals surface area (Å²) in [5.74, 6) is 6.70. The van der Waals surface area contributed by atoms with Crippen LogP contribution in [0.5, 0.6) is 0 Å². The Labute approximate surface area is 86.8 Å². The van der Waals surface area contributed by atoms with Gasteiger partial charge in [-0.25, -0.2) is 0 Å². The van der Waals surface area contributed by atoms with Crippen LogP contribution >= 0.6 is 0 Å². The van der Waals surface area contributed by atoms with E-state index in [1.165, 1.54) is 19.3 Å². The molecule has 14 heavy (non-hydrogen) atoms. The van der Waals surface area contributed by atoms with Gasteiger partial charge in [0.25, 0.3) is 0 Å². The lowest BCUT2D eigenvalue weighted by molar-refractivity contribution is 0.0913. The van der Waals surface area contributed by atoms with E-state index in [0.29, 0.717) is 0 Å². The van der Waals surface area contributed by atoms with Crippen LogP contribution in [0.1, 0.15) is 38.5 Å². The lowest BCUT2D eigenvalue weighted by Gasteiger charge is -2.41. The molecule has 4 aliphatic carbocycles. The van der Waals surface area contributed by atoms with Crippen molar-refractivity contribution in [1.29, 1.82) is 0 Å². The lowest BCUT2D eigenvalue weighted by atomic mass is 9.64. The fourth-order valence-electron chi connectivity index (χ4n) is 5.46. The van der Waals surface area contributed by atoms with Crippen molar-refractivity contribution < 1.29 is 0 Å². The van der Waals surface area contributed by atoms with E-state index >= 15 is 0 Å². The van der Waals surface area contributed by atoms with Gasteiger partial charge in [-0.05, 0) is 61.2 Å². The Morgan fingerprint density at radius 2 is 1.57 bits per heavy atom. The highest BCUT2D eigenvalue weighted by Gasteiger charge is 2.57. The number of hydrogen-bond donors (Lipinski definition) is 0. The number of allylic oxidation sites excluding steroid dienone is 2. The molecule has 0 aromatic heterocycles. The molecule has 4 aliphatic rings. The third-order valence-corrected chi connectivity index (χ3v) is 5.82. The Morgan fingerprint density at radius 3 is 2.43 bits per heavy atom. The van der Waals surface area contributed by atoms with Crippen LogP contribution in [-0.4, -0.2) is 0 Å². The first-order valence-corrected chi connectivity index (χ1v) is 6.62. The first kappa shape index (κ1) is 7.96. The quantitative estimate of drug-likeness (QED) is 0.509. The van der Waals surface area contributed by atoms with Crippen molar-refractivity contribution in [2.45, 2.75) is 38.5 Å². The minimum absolute atomic E-state index is 1.03. The second kappa shape index (κ2) is 2.65. The van der Waals surface area contributed by atoms with Crippen molar-refractivity contribution in [2.24, 2.45) is 35.5 Å². The van der Waals surface area contributed by atoms with Crippen LogP contribution in [0.2, 0.25) is 0 Å². The molecule has 2 bridgehead atoms. The molecule has 3 fully saturated rings. The third kappa shape index (κ3) is 0.816. The van der Waals surface area contributed by atoms with E-state index in [4.69, 9.17) is 0 Å². The molecule has 0 saturated heterocycles. The minimum Gasteiger partial charge on any atom is -0.0879 e. The molecule has 0 heterocycles. The SMILES string of the molecule is C1=CC2C3CC(C2C1)C1CCCCC31. The van der Waals surface area contributed by atoms with Crippen LogP contribution < -0.4 is 0 Å². The molecule has 0 radical (unpaired) electrons. The number of fused-ring (bicyclic) bond motifs is 8. The second-order valence-electron chi connectivity index (χ2n) is 6.08. The van der Waals surface area contributed by atoms with Gasteiger partial charge in [-0.3, -0.25) is 0 Å². The molecule has 0 amide bonds. The van der Waals surface area contributed by atoms with Gasteiger partial charge in [-0.1, -0.05) is 25.0 Å². The molecule has 0 aliphatic heterocycles. The van der Waals surface area contributed by atoms with Crippen LogP contribution in [0.25, 0.3) is 0 Å². The average Bonchev–Trinajstić information content (AvgIpc) is 2.88. The zero-order chi connectivity index (χ0) is 9.12. The van der Waals surface area contributed by atoms with Crippen molar-refractivity contribution in [1.82, 2.24) is 0 Å². The summed E-state index contributed by atoms with van der Waals surface area (Å²) >= 11 is 0. The van der Waals surface area contributed by atoms with Gasteiger partial charge in [0.05, 0.1) is 0 Å². The topological polar surface area (TPSA) is 0 Å². The molecule has 3 saturated carbocycles. The summed E-state index contributed by atoms with van der Waals surface area (Å²) < 4.78 is 0. The maximum Gasteiger partial charge on any atom is -0.0168 e. The second-order valence-corrected chi connectivity index (χ2v) is 6.08. The van der Waals surface area contributed by atoms with E-state index in [2.05, 4.69) is 12.2 Å². The molecule has 0 N–H and O–H groups in total. The summed E-state index contributed by atoms with van der Waals surface area (Å²) in [5.41, 5.74) is 0. The van der Waals surface area contributed by atoms with Crippen LogP contribution in [0, 0.1) is 35.5 Å². The molecular weight excluding hydrogens is 168 g/mol. The predicted octanol–water partition coefficient (Wildman–Crippen LogP) is 3.63. The van der Waals surface area contributed by atoms with Gasteiger partial charge >= 0.3 is 0 Å². The highest BCUT2D eigenvalue weighted by atomic mass is 14.6. The smallest absolute Gasteiger partial charge is 0.0168 e. The van der Waals surface area contributed by atoms with Crippen molar-refractivity contribution >= 4 is 0 Å². The largest absolute Gasteiger partial charge is 0.0879 e. The van der Waals surface area contributed by atoms with Gasteiger partial charge in [0.15, 0.2) is 0 Å². The average molecular weight is 188 g/mol.